The average molecular weight is 342 g/mol. The largest absolute Gasteiger partial charge is 0.294 e. The molecule has 6 heteroatoms. The van der Waals surface area contributed by atoms with Gasteiger partial charge in [-0.1, -0.05) is 42.0 Å². The fourth-order valence-electron chi connectivity index (χ4n) is 2.14. The molecule has 2 aromatic carbocycles. The number of carbonyl (C=O) groups is 3. The Morgan fingerprint density at radius 3 is 2.08 bits per heavy atom. The molecule has 2 aromatic rings. The van der Waals surface area contributed by atoms with Gasteiger partial charge < -0.3 is 0 Å². The number of hydrogen-bond acceptors (Lipinski definition) is 3. The number of ketones is 1. The number of hydrogen-bond donors (Lipinski definition) is 2. The number of carbonyl (C=O) groups excluding carboxylic acids is 3. The van der Waals surface area contributed by atoms with E-state index in [1.807, 2.05) is 19.1 Å². The smallest absolute Gasteiger partial charge is 0.242 e. The lowest BCUT2D eigenvalue weighted by Gasteiger charge is -2.07. The van der Waals surface area contributed by atoms with Crippen LogP contribution in [0.3, 0.4) is 0 Å². The third-order valence-corrected chi connectivity index (χ3v) is 3.57. The summed E-state index contributed by atoms with van der Waals surface area (Å²) in [6.45, 7) is 1.93. The fraction of sp³-hybridized carbons (Fsp3) is 0.211. The van der Waals surface area contributed by atoms with Crippen LogP contribution in [0.25, 0.3) is 0 Å². The van der Waals surface area contributed by atoms with E-state index in [2.05, 4.69) is 10.9 Å². The zero-order valence-corrected chi connectivity index (χ0v) is 13.8. The second-order valence-electron chi connectivity index (χ2n) is 5.69. The van der Waals surface area contributed by atoms with Crippen molar-refractivity contribution in [1.82, 2.24) is 10.9 Å². The number of hydrazine groups is 1. The first kappa shape index (κ1) is 18.3. The summed E-state index contributed by atoms with van der Waals surface area (Å²) >= 11 is 0. The first-order valence-corrected chi connectivity index (χ1v) is 7.86. The van der Waals surface area contributed by atoms with Gasteiger partial charge in [0.2, 0.25) is 11.8 Å². The standard InChI is InChI=1S/C19H19FN2O3/c1-13-2-6-15(7-3-13)17(23)10-11-18(24)21-22-19(25)12-14-4-8-16(20)9-5-14/h2-9H,10-12H2,1H3,(H,21,24)(H,22,25). The maximum atomic E-state index is 12.8. The van der Waals surface area contributed by atoms with Crippen LogP contribution in [0.1, 0.15) is 34.3 Å². The van der Waals surface area contributed by atoms with Crippen LogP contribution in [-0.2, 0) is 16.0 Å². The van der Waals surface area contributed by atoms with Crippen LogP contribution in [0.4, 0.5) is 4.39 Å². The van der Waals surface area contributed by atoms with E-state index < -0.39 is 11.8 Å². The molecule has 0 radical (unpaired) electrons. The van der Waals surface area contributed by atoms with Gasteiger partial charge in [-0.05, 0) is 24.6 Å². The van der Waals surface area contributed by atoms with Crippen molar-refractivity contribution >= 4 is 17.6 Å². The van der Waals surface area contributed by atoms with Gasteiger partial charge in [0.15, 0.2) is 5.78 Å². The Kier molecular flexibility index (Phi) is 6.39. The highest BCUT2D eigenvalue weighted by Gasteiger charge is 2.10. The minimum atomic E-state index is -0.451. The Bertz CT molecular complexity index is 755. The van der Waals surface area contributed by atoms with Crippen molar-refractivity contribution in [2.75, 3.05) is 0 Å². The molecule has 0 saturated heterocycles. The highest BCUT2D eigenvalue weighted by molar-refractivity contribution is 5.98. The summed E-state index contributed by atoms with van der Waals surface area (Å²) in [5, 5.41) is 0. The van der Waals surface area contributed by atoms with E-state index in [1.54, 1.807) is 12.1 Å². The molecule has 0 aromatic heterocycles. The van der Waals surface area contributed by atoms with Crippen LogP contribution >= 0.6 is 0 Å². The minimum Gasteiger partial charge on any atom is -0.294 e. The number of Topliss-reactive ketones (excluding diaryl/α,β-unsaturated/α-hetero) is 1. The molecule has 0 aliphatic rings. The summed E-state index contributed by atoms with van der Waals surface area (Å²) in [6, 6.07) is 12.6. The highest BCUT2D eigenvalue weighted by Crippen LogP contribution is 2.07. The maximum Gasteiger partial charge on any atom is 0.242 e. The number of rotatable bonds is 6. The molecular formula is C19H19FN2O3. The van der Waals surface area contributed by atoms with Crippen LogP contribution in [0, 0.1) is 12.7 Å². The third kappa shape index (κ3) is 6.18. The van der Waals surface area contributed by atoms with E-state index in [4.69, 9.17) is 0 Å². The van der Waals surface area contributed by atoms with E-state index in [1.165, 1.54) is 24.3 Å². The first-order valence-electron chi connectivity index (χ1n) is 7.86. The van der Waals surface area contributed by atoms with Gasteiger partial charge in [0.1, 0.15) is 5.82 Å². The van der Waals surface area contributed by atoms with Crippen molar-refractivity contribution in [3.63, 3.8) is 0 Å². The van der Waals surface area contributed by atoms with Gasteiger partial charge >= 0.3 is 0 Å². The topological polar surface area (TPSA) is 75.3 Å². The first-order chi connectivity index (χ1) is 11.9. The summed E-state index contributed by atoms with van der Waals surface area (Å²) in [7, 11) is 0. The monoisotopic (exact) mass is 342 g/mol. The molecule has 2 rings (SSSR count). The van der Waals surface area contributed by atoms with Crippen molar-refractivity contribution in [3.05, 3.63) is 71.0 Å². The van der Waals surface area contributed by atoms with Crippen LogP contribution in [0.2, 0.25) is 0 Å². The molecule has 130 valence electrons. The average Bonchev–Trinajstić information content (AvgIpc) is 2.60. The van der Waals surface area contributed by atoms with Gasteiger partial charge in [-0.3, -0.25) is 25.2 Å². The lowest BCUT2D eigenvalue weighted by molar-refractivity contribution is -0.128. The quantitative estimate of drug-likeness (QED) is 0.626. The van der Waals surface area contributed by atoms with Gasteiger partial charge in [-0.15, -0.1) is 0 Å². The van der Waals surface area contributed by atoms with E-state index in [0.717, 1.165) is 5.56 Å². The molecule has 0 fully saturated rings. The Labute approximate surface area is 145 Å². The number of nitrogens with one attached hydrogen (secondary N) is 2. The van der Waals surface area contributed by atoms with Gasteiger partial charge in [0, 0.05) is 18.4 Å². The zero-order valence-electron chi connectivity index (χ0n) is 13.8. The van der Waals surface area contributed by atoms with Gasteiger partial charge in [-0.2, -0.15) is 0 Å². The second kappa shape index (κ2) is 8.73. The number of halogens is 1. The minimum absolute atomic E-state index is 0.0167. The number of amides is 2. The fourth-order valence-corrected chi connectivity index (χ4v) is 2.14. The van der Waals surface area contributed by atoms with E-state index >= 15 is 0 Å². The van der Waals surface area contributed by atoms with Crippen LogP contribution in [0.15, 0.2) is 48.5 Å². The zero-order chi connectivity index (χ0) is 18.2. The van der Waals surface area contributed by atoms with Crippen molar-refractivity contribution in [2.45, 2.75) is 26.2 Å². The highest BCUT2D eigenvalue weighted by atomic mass is 19.1. The van der Waals surface area contributed by atoms with Crippen molar-refractivity contribution in [1.29, 1.82) is 0 Å². The van der Waals surface area contributed by atoms with Gasteiger partial charge in [0.25, 0.3) is 0 Å². The third-order valence-electron chi connectivity index (χ3n) is 3.57. The van der Waals surface area contributed by atoms with Gasteiger partial charge in [-0.25, -0.2) is 4.39 Å². The van der Waals surface area contributed by atoms with E-state index in [9.17, 15) is 18.8 Å². The molecule has 0 heterocycles. The molecular weight excluding hydrogens is 323 g/mol. The van der Waals surface area contributed by atoms with Crippen molar-refractivity contribution < 1.29 is 18.8 Å². The Morgan fingerprint density at radius 2 is 1.44 bits per heavy atom. The number of benzene rings is 2. The van der Waals surface area contributed by atoms with Gasteiger partial charge in [0.05, 0.1) is 6.42 Å². The molecule has 5 nitrogen and oxygen atoms in total. The second-order valence-corrected chi connectivity index (χ2v) is 5.69. The van der Waals surface area contributed by atoms with Crippen LogP contribution < -0.4 is 10.9 Å². The van der Waals surface area contributed by atoms with Crippen molar-refractivity contribution in [3.8, 4) is 0 Å². The van der Waals surface area contributed by atoms with E-state index in [-0.39, 0.29) is 30.9 Å². The van der Waals surface area contributed by atoms with Crippen LogP contribution in [0.5, 0.6) is 0 Å². The normalized spacial score (nSPS) is 10.2. The molecule has 2 amide bonds. The summed E-state index contributed by atoms with van der Waals surface area (Å²) < 4.78 is 12.8. The molecule has 0 bridgehead atoms. The Morgan fingerprint density at radius 1 is 0.840 bits per heavy atom. The summed E-state index contributed by atoms with van der Waals surface area (Å²) in [4.78, 5) is 35.4. The SMILES string of the molecule is Cc1ccc(C(=O)CCC(=O)NNC(=O)Cc2ccc(F)cc2)cc1. The maximum absolute atomic E-state index is 12.8. The molecule has 0 aliphatic carbocycles. The summed E-state index contributed by atoms with van der Waals surface area (Å²) in [5.74, 6) is -1.39. The summed E-state index contributed by atoms with van der Waals surface area (Å²) in [6.07, 6.45) is 0.0507. The summed E-state index contributed by atoms with van der Waals surface area (Å²) in [5.41, 5.74) is 6.77. The van der Waals surface area contributed by atoms with Crippen molar-refractivity contribution in [2.24, 2.45) is 0 Å². The van der Waals surface area contributed by atoms with E-state index in [0.29, 0.717) is 11.1 Å². The molecule has 25 heavy (non-hydrogen) atoms. The molecule has 0 atom stereocenters. The lowest BCUT2D eigenvalue weighted by atomic mass is 10.1. The number of aryl methyl sites for hydroxylation is 1. The molecule has 0 aliphatic heterocycles. The molecule has 0 unspecified atom stereocenters. The molecule has 0 spiro atoms. The Balaban J connectivity index is 1.71. The molecule has 2 N–H and O–H groups in total. The predicted octanol–water partition coefficient (Wildman–Crippen LogP) is 2.49. The van der Waals surface area contributed by atoms with Crippen LogP contribution in [-0.4, -0.2) is 17.6 Å². The predicted molar refractivity (Wildman–Crippen MR) is 91.1 cm³/mol. The Hall–Kier alpha value is -3.02. The lowest BCUT2D eigenvalue weighted by Crippen LogP contribution is -2.42. The molecule has 0 saturated carbocycles.